The number of nitrogens with zero attached hydrogens (tertiary/aromatic N) is 3. The fourth-order valence-corrected chi connectivity index (χ4v) is 6.68. The number of likely N-dealkylation sites (tertiary alicyclic amines) is 1. The van der Waals surface area contributed by atoms with Crippen LogP contribution in [0.2, 0.25) is 0 Å². The highest BCUT2D eigenvalue weighted by atomic mass is 16.6. The smallest absolute Gasteiger partial charge is 0.416 e. The number of hydrogen-bond acceptors (Lipinski definition) is 8. The fourth-order valence-electron chi connectivity index (χ4n) is 6.68. The predicted octanol–water partition coefficient (Wildman–Crippen LogP) is 5.74. The Morgan fingerprint density at radius 1 is 0.922 bits per heavy atom. The molecule has 0 bridgehead atoms. The molecule has 0 unspecified atom stereocenters. The average molecular weight is 689 g/mol. The van der Waals surface area contributed by atoms with Crippen molar-refractivity contribution in [3.63, 3.8) is 0 Å². The molecule has 0 spiro atoms. The van der Waals surface area contributed by atoms with E-state index in [4.69, 9.17) is 14.5 Å². The van der Waals surface area contributed by atoms with Crippen molar-refractivity contribution in [3.8, 4) is 5.75 Å². The Hall–Kier alpha value is -5.81. The number of rotatable bonds is 13. The van der Waals surface area contributed by atoms with Crippen LogP contribution < -0.4 is 10.1 Å². The molecule has 0 radical (unpaired) electrons. The van der Waals surface area contributed by atoms with Crippen LogP contribution in [0, 0.1) is 0 Å². The lowest BCUT2D eigenvalue weighted by Gasteiger charge is -2.25. The number of amides is 3. The molecule has 2 N–H and O–H groups in total. The first-order valence-electron chi connectivity index (χ1n) is 17.0. The van der Waals surface area contributed by atoms with Crippen LogP contribution >= 0.6 is 0 Å². The van der Waals surface area contributed by atoms with Crippen molar-refractivity contribution >= 4 is 35.3 Å². The van der Waals surface area contributed by atoms with Gasteiger partial charge in [0.25, 0.3) is 0 Å². The third kappa shape index (κ3) is 8.33. The number of carbonyl (C=O) groups excluding carboxylic acids is 3. The molecule has 2 heterocycles. The molecule has 4 aromatic rings. The zero-order valence-corrected chi connectivity index (χ0v) is 28.3. The number of hydrogen-bond donors (Lipinski definition) is 2. The molecule has 0 aromatic heterocycles. The van der Waals surface area contributed by atoms with E-state index in [1.807, 2.05) is 60.7 Å². The van der Waals surface area contributed by atoms with Gasteiger partial charge in [-0.2, -0.15) is 0 Å². The molecule has 3 atom stereocenters. The maximum Gasteiger partial charge on any atom is 0.416 e. The van der Waals surface area contributed by atoms with Crippen LogP contribution in [0.4, 0.5) is 10.5 Å². The number of carbonyl (C=O) groups is 4. The van der Waals surface area contributed by atoms with Gasteiger partial charge in [-0.25, -0.2) is 14.5 Å². The van der Waals surface area contributed by atoms with E-state index < -0.39 is 29.9 Å². The van der Waals surface area contributed by atoms with Gasteiger partial charge in [0, 0.05) is 30.0 Å². The highest BCUT2D eigenvalue weighted by Gasteiger charge is 2.37. The molecule has 2 fully saturated rings. The van der Waals surface area contributed by atoms with Crippen molar-refractivity contribution in [2.75, 3.05) is 32.1 Å². The summed E-state index contributed by atoms with van der Waals surface area (Å²) in [6.45, 7) is 1.61. The first-order valence-corrected chi connectivity index (χ1v) is 17.0. The van der Waals surface area contributed by atoms with Gasteiger partial charge >= 0.3 is 12.1 Å². The fraction of sp³-hybridized carbons (Fsp3) is 0.275. The van der Waals surface area contributed by atoms with Crippen LogP contribution in [0.25, 0.3) is 0 Å². The number of para-hydroxylation sites is 1. The number of ether oxygens (including phenoxy) is 2. The van der Waals surface area contributed by atoms with Gasteiger partial charge in [0.05, 0.1) is 31.1 Å². The zero-order valence-electron chi connectivity index (χ0n) is 28.3. The Morgan fingerprint density at radius 3 is 2.27 bits per heavy atom. The molecule has 11 heteroatoms. The summed E-state index contributed by atoms with van der Waals surface area (Å²) in [5.74, 6) is -2.39. The molecule has 0 aliphatic carbocycles. The number of carboxylic acid groups (broad SMARTS) is 1. The van der Waals surface area contributed by atoms with E-state index in [0.29, 0.717) is 46.8 Å². The van der Waals surface area contributed by atoms with E-state index in [9.17, 15) is 24.3 Å². The Kier molecular flexibility index (Phi) is 11.2. The minimum absolute atomic E-state index is 0.0732. The topological polar surface area (TPSA) is 138 Å². The number of imide groups is 1. The van der Waals surface area contributed by atoms with E-state index in [2.05, 4.69) is 10.2 Å². The molecule has 0 saturated carbocycles. The van der Waals surface area contributed by atoms with Crippen LogP contribution in [0.3, 0.4) is 0 Å². The van der Waals surface area contributed by atoms with Crippen molar-refractivity contribution in [2.24, 2.45) is 4.99 Å². The monoisotopic (exact) mass is 688 g/mol. The minimum atomic E-state index is -1.46. The van der Waals surface area contributed by atoms with E-state index in [0.717, 1.165) is 23.4 Å². The lowest BCUT2D eigenvalue weighted by molar-refractivity contribution is -0.139. The van der Waals surface area contributed by atoms with E-state index in [1.54, 1.807) is 48.5 Å². The van der Waals surface area contributed by atoms with Gasteiger partial charge in [-0.15, -0.1) is 0 Å². The van der Waals surface area contributed by atoms with Crippen LogP contribution in [0.15, 0.2) is 114 Å². The molecule has 2 aliphatic heterocycles. The Bertz CT molecular complexity index is 1880. The van der Waals surface area contributed by atoms with Gasteiger partial charge in [0.15, 0.2) is 6.04 Å². The highest BCUT2D eigenvalue weighted by molar-refractivity contribution is 6.18. The average Bonchev–Trinajstić information content (AvgIpc) is 3.81. The maximum absolute atomic E-state index is 13.9. The highest BCUT2D eigenvalue weighted by Crippen LogP contribution is 2.32. The Morgan fingerprint density at radius 2 is 1.61 bits per heavy atom. The number of nitrogens with one attached hydrogen (secondary N) is 1. The first-order chi connectivity index (χ1) is 24.8. The summed E-state index contributed by atoms with van der Waals surface area (Å²) in [6, 6.07) is 31.3. The van der Waals surface area contributed by atoms with Gasteiger partial charge < -0.3 is 19.9 Å². The molecule has 51 heavy (non-hydrogen) atoms. The third-order valence-electron chi connectivity index (χ3n) is 9.28. The molecule has 2 saturated heterocycles. The van der Waals surface area contributed by atoms with Crippen LogP contribution in [0.1, 0.15) is 47.4 Å². The Balaban J connectivity index is 1.38. The molecule has 262 valence electrons. The summed E-state index contributed by atoms with van der Waals surface area (Å²) >= 11 is 0. The summed E-state index contributed by atoms with van der Waals surface area (Å²) in [5.41, 5.74) is 3.62. The van der Waals surface area contributed by atoms with E-state index in [1.165, 1.54) is 7.11 Å². The molecular weight excluding hydrogens is 648 g/mol. The second-order valence-corrected chi connectivity index (χ2v) is 12.5. The number of benzene rings is 4. The first kappa shape index (κ1) is 35.0. The number of aliphatic imine (C=N–C) groups is 1. The van der Waals surface area contributed by atoms with E-state index >= 15 is 0 Å². The van der Waals surface area contributed by atoms with Crippen molar-refractivity contribution in [3.05, 3.63) is 131 Å². The molecule has 3 amide bonds. The van der Waals surface area contributed by atoms with Gasteiger partial charge in [-0.3, -0.25) is 19.5 Å². The number of cyclic esters (lactones) is 1. The second kappa shape index (κ2) is 16.3. The lowest BCUT2D eigenvalue weighted by atomic mass is 9.87. The van der Waals surface area contributed by atoms with Crippen molar-refractivity contribution in [1.29, 1.82) is 0 Å². The number of carboxylic acids is 1. The molecule has 2 aliphatic rings. The summed E-state index contributed by atoms with van der Waals surface area (Å²) in [6.07, 6.45) is 0.526. The zero-order chi connectivity index (χ0) is 35.7. The van der Waals surface area contributed by atoms with Gasteiger partial charge in [-0.05, 0) is 48.7 Å². The molecular formula is C40H40N4O7. The molecule has 4 aromatic carbocycles. The normalized spacial score (nSPS) is 17.4. The van der Waals surface area contributed by atoms with E-state index in [-0.39, 0.29) is 31.5 Å². The van der Waals surface area contributed by atoms with Crippen molar-refractivity contribution in [1.82, 2.24) is 9.80 Å². The SMILES string of the molecule is COc1ccc([C@@H](CC(=O)N2CCOC2=O)[C@H](N=C(c2ccccc2)c2ccccc2NC(=O)[C@@H]2CCCN2Cc2ccccc2)C(=O)O)cc1. The standard InChI is InChI=1S/C40H40N4O7/c1-50-30-20-18-28(19-21-30)32(25-35(45)44-23-24-51-40(44)49)37(39(47)48)42-36(29-13-6-3-7-14-29)31-15-8-9-16-33(31)41-38(46)34-17-10-22-43(34)26-27-11-4-2-5-12-27/h2-9,11-16,18-21,32,34,37H,10,17,22-26H2,1H3,(H,41,46)(H,47,48)/t32-,34+,37+/m1/s1. The lowest BCUT2D eigenvalue weighted by Crippen LogP contribution is -2.39. The largest absolute Gasteiger partial charge is 0.497 e. The van der Waals surface area contributed by atoms with Crippen LogP contribution in [-0.2, 0) is 25.7 Å². The van der Waals surface area contributed by atoms with Gasteiger partial charge in [0.2, 0.25) is 11.8 Å². The van der Waals surface area contributed by atoms with Crippen LogP contribution in [0.5, 0.6) is 5.75 Å². The molecule has 6 rings (SSSR count). The van der Waals surface area contributed by atoms with Crippen molar-refractivity contribution in [2.45, 2.75) is 43.8 Å². The van der Waals surface area contributed by atoms with Crippen molar-refractivity contribution < 1.29 is 33.8 Å². The van der Waals surface area contributed by atoms with Gasteiger partial charge in [-0.1, -0.05) is 91.0 Å². The number of anilines is 1. The summed E-state index contributed by atoms with van der Waals surface area (Å²) < 4.78 is 10.3. The number of methoxy groups -OCH3 is 1. The quantitative estimate of drug-likeness (QED) is 0.170. The minimum Gasteiger partial charge on any atom is -0.497 e. The maximum atomic E-state index is 13.9. The Labute approximate surface area is 296 Å². The van der Waals surface area contributed by atoms with Crippen LogP contribution in [-0.4, -0.2) is 83.4 Å². The second-order valence-electron chi connectivity index (χ2n) is 12.5. The van der Waals surface area contributed by atoms with Gasteiger partial charge in [0.1, 0.15) is 12.4 Å². The molecule has 11 nitrogen and oxygen atoms in total. The summed E-state index contributed by atoms with van der Waals surface area (Å²) in [4.78, 5) is 60.9. The summed E-state index contributed by atoms with van der Waals surface area (Å²) in [5, 5.41) is 13.9. The number of aliphatic carboxylic acids is 1. The third-order valence-corrected chi connectivity index (χ3v) is 9.28. The summed E-state index contributed by atoms with van der Waals surface area (Å²) in [7, 11) is 1.52. The predicted molar refractivity (Wildman–Crippen MR) is 192 cm³/mol.